The van der Waals surface area contributed by atoms with Gasteiger partial charge in [0.1, 0.15) is 0 Å². The molecule has 2 rings (SSSR count). The summed E-state index contributed by atoms with van der Waals surface area (Å²) < 4.78 is 5.50. The van der Waals surface area contributed by atoms with Crippen molar-refractivity contribution >= 4 is 0 Å². The van der Waals surface area contributed by atoms with Gasteiger partial charge in [0, 0.05) is 11.6 Å². The van der Waals surface area contributed by atoms with Crippen LogP contribution in [0.5, 0.6) is 0 Å². The summed E-state index contributed by atoms with van der Waals surface area (Å²) in [7, 11) is 1.96. The molecule has 2 aromatic rings. The van der Waals surface area contributed by atoms with E-state index in [0.717, 1.165) is 5.56 Å². The van der Waals surface area contributed by atoms with Gasteiger partial charge in [-0.25, -0.2) is 0 Å². The number of nitrogens with one attached hydrogen (secondary N) is 1. The molecule has 0 aliphatic heterocycles. The van der Waals surface area contributed by atoms with Crippen molar-refractivity contribution in [3.63, 3.8) is 0 Å². The maximum absolute atomic E-state index is 5.50. The standard InChI is InChI=1S/C16H23N3O/c1-10(2)14(12(4)17-5)16-18-15(19-20-16)13-8-6-7-11(3)9-13/h6-10,12,14,17H,1-5H3. The van der Waals surface area contributed by atoms with Crippen LogP contribution in [0, 0.1) is 12.8 Å². The van der Waals surface area contributed by atoms with Gasteiger partial charge >= 0.3 is 0 Å². The maximum Gasteiger partial charge on any atom is 0.231 e. The normalized spacial score (nSPS) is 14.5. The average molecular weight is 273 g/mol. The Hall–Kier alpha value is -1.68. The van der Waals surface area contributed by atoms with Gasteiger partial charge in [-0.05, 0) is 32.9 Å². The molecular formula is C16H23N3O. The number of nitrogens with zero attached hydrogens (tertiary/aromatic N) is 2. The van der Waals surface area contributed by atoms with Crippen molar-refractivity contribution in [2.24, 2.45) is 5.92 Å². The maximum atomic E-state index is 5.50. The SMILES string of the molecule is CNC(C)C(c1nc(-c2cccc(C)c2)no1)C(C)C. The molecule has 0 amide bonds. The summed E-state index contributed by atoms with van der Waals surface area (Å²) in [5.74, 6) is 2.02. The largest absolute Gasteiger partial charge is 0.339 e. The fraction of sp³-hybridized carbons (Fsp3) is 0.500. The number of hydrogen-bond acceptors (Lipinski definition) is 4. The fourth-order valence-electron chi connectivity index (χ4n) is 2.53. The number of rotatable bonds is 5. The second-order valence-electron chi connectivity index (χ2n) is 5.67. The molecule has 1 heterocycles. The van der Waals surface area contributed by atoms with Crippen molar-refractivity contribution in [2.75, 3.05) is 7.05 Å². The van der Waals surface area contributed by atoms with Crippen LogP contribution in [0.4, 0.5) is 0 Å². The van der Waals surface area contributed by atoms with Crippen LogP contribution in [0.15, 0.2) is 28.8 Å². The molecule has 20 heavy (non-hydrogen) atoms. The number of hydrogen-bond donors (Lipinski definition) is 1. The van der Waals surface area contributed by atoms with Crippen molar-refractivity contribution in [1.82, 2.24) is 15.5 Å². The second kappa shape index (κ2) is 6.18. The molecule has 0 saturated heterocycles. The highest BCUT2D eigenvalue weighted by Crippen LogP contribution is 2.28. The molecule has 4 heteroatoms. The van der Waals surface area contributed by atoms with E-state index in [1.165, 1.54) is 5.56 Å². The predicted octanol–water partition coefficient (Wildman–Crippen LogP) is 3.39. The van der Waals surface area contributed by atoms with Crippen LogP contribution in [0.25, 0.3) is 11.4 Å². The topological polar surface area (TPSA) is 51.0 Å². The van der Waals surface area contributed by atoms with E-state index in [2.05, 4.69) is 55.3 Å². The molecule has 1 N–H and O–H groups in total. The molecule has 0 saturated carbocycles. The summed E-state index contributed by atoms with van der Waals surface area (Å²) in [5.41, 5.74) is 2.19. The van der Waals surface area contributed by atoms with Crippen LogP contribution in [0.3, 0.4) is 0 Å². The first-order chi connectivity index (χ1) is 9.52. The van der Waals surface area contributed by atoms with Gasteiger partial charge in [-0.1, -0.05) is 42.8 Å². The van der Waals surface area contributed by atoms with E-state index >= 15 is 0 Å². The van der Waals surface area contributed by atoms with Gasteiger partial charge in [-0.15, -0.1) is 0 Å². The average Bonchev–Trinajstić information content (AvgIpc) is 2.87. The van der Waals surface area contributed by atoms with Crippen molar-refractivity contribution in [3.8, 4) is 11.4 Å². The Labute approximate surface area is 120 Å². The molecule has 0 fully saturated rings. The third-order valence-electron chi connectivity index (χ3n) is 3.72. The van der Waals surface area contributed by atoms with Gasteiger partial charge in [-0.2, -0.15) is 4.98 Å². The minimum atomic E-state index is 0.214. The minimum absolute atomic E-state index is 0.214. The zero-order valence-corrected chi connectivity index (χ0v) is 12.8. The lowest BCUT2D eigenvalue weighted by Gasteiger charge is -2.23. The third-order valence-corrected chi connectivity index (χ3v) is 3.72. The van der Waals surface area contributed by atoms with Crippen LogP contribution in [-0.2, 0) is 0 Å². The Morgan fingerprint density at radius 2 is 1.95 bits per heavy atom. The fourth-order valence-corrected chi connectivity index (χ4v) is 2.53. The summed E-state index contributed by atoms with van der Waals surface area (Å²) in [4.78, 5) is 4.59. The molecule has 0 spiro atoms. The van der Waals surface area contributed by atoms with Gasteiger partial charge in [0.2, 0.25) is 11.7 Å². The molecule has 1 aromatic heterocycles. The first-order valence-electron chi connectivity index (χ1n) is 7.10. The van der Waals surface area contributed by atoms with Gasteiger partial charge in [0.25, 0.3) is 0 Å². The van der Waals surface area contributed by atoms with Gasteiger partial charge in [0.15, 0.2) is 0 Å². The Balaban J connectivity index is 2.32. The number of likely N-dealkylation sites (N-methyl/N-ethyl adjacent to an activating group) is 1. The molecular weight excluding hydrogens is 250 g/mol. The van der Waals surface area contributed by atoms with E-state index in [1.807, 2.05) is 19.2 Å². The molecule has 2 unspecified atom stereocenters. The zero-order valence-electron chi connectivity index (χ0n) is 12.8. The number of benzene rings is 1. The van der Waals surface area contributed by atoms with Crippen LogP contribution >= 0.6 is 0 Å². The van der Waals surface area contributed by atoms with Crippen LogP contribution in [0.2, 0.25) is 0 Å². The lowest BCUT2D eigenvalue weighted by Crippen LogP contribution is -2.32. The second-order valence-corrected chi connectivity index (χ2v) is 5.67. The van der Waals surface area contributed by atoms with Gasteiger partial charge in [0.05, 0.1) is 5.92 Å². The predicted molar refractivity (Wildman–Crippen MR) is 80.6 cm³/mol. The smallest absolute Gasteiger partial charge is 0.231 e. The van der Waals surface area contributed by atoms with Crippen molar-refractivity contribution < 1.29 is 4.52 Å². The summed E-state index contributed by atoms with van der Waals surface area (Å²) in [6, 6.07) is 8.44. The van der Waals surface area contributed by atoms with Crippen molar-refractivity contribution in [3.05, 3.63) is 35.7 Å². The molecule has 4 nitrogen and oxygen atoms in total. The summed E-state index contributed by atoms with van der Waals surface area (Å²) in [6.07, 6.45) is 0. The number of aromatic nitrogens is 2. The molecule has 1 aromatic carbocycles. The van der Waals surface area contributed by atoms with E-state index in [4.69, 9.17) is 4.52 Å². The van der Waals surface area contributed by atoms with Crippen LogP contribution in [0.1, 0.15) is 38.1 Å². The highest BCUT2D eigenvalue weighted by atomic mass is 16.5. The Morgan fingerprint density at radius 1 is 1.20 bits per heavy atom. The molecule has 0 radical (unpaired) electrons. The van der Waals surface area contributed by atoms with Gasteiger partial charge < -0.3 is 9.84 Å². The van der Waals surface area contributed by atoms with E-state index in [0.29, 0.717) is 23.7 Å². The molecule has 0 aliphatic carbocycles. The third kappa shape index (κ3) is 3.07. The highest BCUT2D eigenvalue weighted by Gasteiger charge is 2.27. The van der Waals surface area contributed by atoms with Crippen molar-refractivity contribution in [2.45, 2.75) is 39.7 Å². The van der Waals surface area contributed by atoms with E-state index < -0.39 is 0 Å². The monoisotopic (exact) mass is 273 g/mol. The molecule has 0 bridgehead atoms. The Bertz CT molecular complexity index is 562. The lowest BCUT2D eigenvalue weighted by atomic mass is 9.89. The Kier molecular flexibility index (Phi) is 4.55. The zero-order chi connectivity index (χ0) is 14.7. The van der Waals surface area contributed by atoms with E-state index in [-0.39, 0.29) is 5.92 Å². The lowest BCUT2D eigenvalue weighted by molar-refractivity contribution is 0.286. The first kappa shape index (κ1) is 14.7. The van der Waals surface area contributed by atoms with Crippen LogP contribution < -0.4 is 5.32 Å². The highest BCUT2D eigenvalue weighted by molar-refractivity contribution is 5.55. The van der Waals surface area contributed by atoms with Crippen molar-refractivity contribution in [1.29, 1.82) is 0 Å². The van der Waals surface area contributed by atoms with E-state index in [1.54, 1.807) is 0 Å². The van der Waals surface area contributed by atoms with E-state index in [9.17, 15) is 0 Å². The summed E-state index contributed by atoms with van der Waals surface area (Å²) in [6.45, 7) is 8.55. The molecule has 2 atom stereocenters. The quantitative estimate of drug-likeness (QED) is 0.907. The summed E-state index contributed by atoms with van der Waals surface area (Å²) in [5, 5.41) is 7.41. The molecule has 108 valence electrons. The van der Waals surface area contributed by atoms with Gasteiger partial charge in [-0.3, -0.25) is 0 Å². The number of aryl methyl sites for hydroxylation is 1. The van der Waals surface area contributed by atoms with Crippen LogP contribution in [-0.4, -0.2) is 23.2 Å². The Morgan fingerprint density at radius 3 is 2.55 bits per heavy atom. The molecule has 0 aliphatic rings. The minimum Gasteiger partial charge on any atom is -0.339 e. The first-order valence-corrected chi connectivity index (χ1v) is 7.10. The summed E-state index contributed by atoms with van der Waals surface area (Å²) >= 11 is 0.